The number of rotatable bonds is 7. The minimum Gasteiger partial charge on any atom is -0.496 e. The number of methoxy groups -OCH3 is 2. The summed E-state index contributed by atoms with van der Waals surface area (Å²) in [4.78, 5) is 2.35. The number of hydrogen-bond acceptors (Lipinski definition) is 3. The summed E-state index contributed by atoms with van der Waals surface area (Å²) in [6.45, 7) is 7.40. The lowest BCUT2D eigenvalue weighted by atomic mass is 10.0. The van der Waals surface area contributed by atoms with Gasteiger partial charge in [-0.05, 0) is 44.0 Å². The van der Waals surface area contributed by atoms with Crippen molar-refractivity contribution in [2.45, 2.75) is 33.6 Å². The lowest BCUT2D eigenvalue weighted by Gasteiger charge is -2.29. The van der Waals surface area contributed by atoms with Gasteiger partial charge >= 0.3 is 0 Å². The minimum atomic E-state index is 0.889. The van der Waals surface area contributed by atoms with Gasteiger partial charge in [0.2, 0.25) is 0 Å². The molecule has 0 saturated carbocycles. The summed E-state index contributed by atoms with van der Waals surface area (Å²) in [5, 5.41) is 0. The van der Waals surface area contributed by atoms with Gasteiger partial charge in [0.15, 0.2) is 0 Å². The maximum Gasteiger partial charge on any atom is 0.124 e. The Bertz CT molecular complexity index is 597. The van der Waals surface area contributed by atoms with Crippen molar-refractivity contribution in [1.29, 1.82) is 0 Å². The standard InChI is InChI=1S/C20H27NO2/c1-6-15-17(11-9-13-19(15)22-4)21(8-3)18-12-10-14-20(23-5)16(18)7-2/h9-14H,6-8H2,1-5H3. The van der Waals surface area contributed by atoms with E-state index in [9.17, 15) is 0 Å². The van der Waals surface area contributed by atoms with Crippen LogP contribution in [0.2, 0.25) is 0 Å². The molecule has 0 saturated heterocycles. The molecule has 0 amide bonds. The molecule has 3 nitrogen and oxygen atoms in total. The van der Waals surface area contributed by atoms with E-state index in [-0.39, 0.29) is 0 Å². The van der Waals surface area contributed by atoms with Crippen molar-refractivity contribution in [3.63, 3.8) is 0 Å². The number of benzene rings is 2. The Morgan fingerprint density at radius 3 is 1.48 bits per heavy atom. The lowest BCUT2D eigenvalue weighted by molar-refractivity contribution is 0.410. The van der Waals surface area contributed by atoms with E-state index in [2.05, 4.69) is 49.9 Å². The molecule has 124 valence electrons. The maximum atomic E-state index is 5.56. The highest BCUT2D eigenvalue weighted by Crippen LogP contribution is 2.38. The second-order valence-corrected chi connectivity index (χ2v) is 5.37. The molecule has 2 rings (SSSR count). The molecule has 0 N–H and O–H groups in total. The molecular formula is C20H27NO2. The van der Waals surface area contributed by atoms with Crippen LogP contribution in [0.5, 0.6) is 11.5 Å². The van der Waals surface area contributed by atoms with Crippen molar-refractivity contribution in [2.24, 2.45) is 0 Å². The fourth-order valence-electron chi connectivity index (χ4n) is 3.18. The molecule has 0 aliphatic carbocycles. The molecule has 0 radical (unpaired) electrons. The van der Waals surface area contributed by atoms with Crippen LogP contribution in [0.15, 0.2) is 36.4 Å². The molecular weight excluding hydrogens is 286 g/mol. The van der Waals surface area contributed by atoms with Crippen molar-refractivity contribution >= 4 is 11.4 Å². The molecule has 0 aliphatic heterocycles. The van der Waals surface area contributed by atoms with Crippen molar-refractivity contribution in [3.05, 3.63) is 47.5 Å². The summed E-state index contributed by atoms with van der Waals surface area (Å²) >= 11 is 0. The Hall–Kier alpha value is -2.16. The molecule has 0 unspecified atom stereocenters. The Kier molecular flexibility index (Phi) is 5.91. The van der Waals surface area contributed by atoms with Gasteiger partial charge < -0.3 is 14.4 Å². The molecule has 0 bridgehead atoms. The third-order valence-corrected chi connectivity index (χ3v) is 4.26. The zero-order valence-corrected chi connectivity index (χ0v) is 14.8. The first kappa shape index (κ1) is 17.2. The Labute approximate surface area is 139 Å². The summed E-state index contributed by atoms with van der Waals surface area (Å²) in [5.41, 5.74) is 4.89. The topological polar surface area (TPSA) is 21.7 Å². The van der Waals surface area contributed by atoms with Gasteiger partial charge in [-0.15, -0.1) is 0 Å². The second kappa shape index (κ2) is 7.91. The predicted octanol–water partition coefficient (Wildman–Crippen LogP) is 4.99. The fraction of sp³-hybridized carbons (Fsp3) is 0.400. The summed E-state index contributed by atoms with van der Waals surface area (Å²) in [6.07, 6.45) is 1.86. The maximum absolute atomic E-state index is 5.56. The normalized spacial score (nSPS) is 10.5. The third-order valence-electron chi connectivity index (χ3n) is 4.26. The van der Waals surface area contributed by atoms with Gasteiger partial charge in [-0.2, -0.15) is 0 Å². The van der Waals surface area contributed by atoms with E-state index < -0.39 is 0 Å². The van der Waals surface area contributed by atoms with Gasteiger partial charge in [0.1, 0.15) is 11.5 Å². The van der Waals surface area contributed by atoms with E-state index >= 15 is 0 Å². The third kappa shape index (κ3) is 3.29. The fourth-order valence-corrected chi connectivity index (χ4v) is 3.18. The summed E-state index contributed by atoms with van der Waals surface area (Å²) < 4.78 is 11.1. The first-order valence-electron chi connectivity index (χ1n) is 8.30. The van der Waals surface area contributed by atoms with E-state index in [0.29, 0.717) is 0 Å². The van der Waals surface area contributed by atoms with Crippen LogP contribution in [0, 0.1) is 0 Å². The van der Waals surface area contributed by atoms with Crippen molar-refractivity contribution in [2.75, 3.05) is 25.7 Å². The molecule has 0 aromatic heterocycles. The monoisotopic (exact) mass is 313 g/mol. The van der Waals surface area contributed by atoms with Crippen LogP contribution in [-0.4, -0.2) is 20.8 Å². The molecule has 0 heterocycles. The molecule has 23 heavy (non-hydrogen) atoms. The minimum absolute atomic E-state index is 0.889. The van der Waals surface area contributed by atoms with E-state index in [1.807, 2.05) is 12.1 Å². The van der Waals surface area contributed by atoms with E-state index in [0.717, 1.165) is 30.9 Å². The van der Waals surface area contributed by atoms with Gasteiger partial charge in [0, 0.05) is 29.0 Å². The quantitative estimate of drug-likeness (QED) is 0.719. The van der Waals surface area contributed by atoms with Gasteiger partial charge in [0.05, 0.1) is 14.2 Å². The first-order chi connectivity index (χ1) is 11.2. The number of nitrogens with zero attached hydrogens (tertiary/aromatic N) is 1. The van der Waals surface area contributed by atoms with Crippen LogP contribution >= 0.6 is 0 Å². The Balaban J connectivity index is 2.62. The van der Waals surface area contributed by atoms with Crippen LogP contribution in [0.25, 0.3) is 0 Å². The number of hydrogen-bond donors (Lipinski definition) is 0. The highest BCUT2D eigenvalue weighted by Gasteiger charge is 2.18. The highest BCUT2D eigenvalue weighted by molar-refractivity contribution is 5.73. The van der Waals surface area contributed by atoms with E-state index in [1.54, 1.807) is 14.2 Å². The van der Waals surface area contributed by atoms with Crippen molar-refractivity contribution in [3.8, 4) is 11.5 Å². The SMILES string of the molecule is CCc1c(OC)cccc1N(CC)c1cccc(OC)c1CC. The molecule has 0 spiro atoms. The summed E-state index contributed by atoms with van der Waals surface area (Å²) in [5.74, 6) is 1.90. The van der Waals surface area contributed by atoms with Crippen LogP contribution in [-0.2, 0) is 12.8 Å². The zero-order valence-electron chi connectivity index (χ0n) is 14.8. The average molecular weight is 313 g/mol. The highest BCUT2D eigenvalue weighted by atomic mass is 16.5. The van der Waals surface area contributed by atoms with Gasteiger partial charge in [-0.3, -0.25) is 0 Å². The Morgan fingerprint density at radius 1 is 0.739 bits per heavy atom. The Morgan fingerprint density at radius 2 is 1.17 bits per heavy atom. The average Bonchev–Trinajstić information content (AvgIpc) is 2.61. The molecule has 0 fully saturated rings. The molecule has 3 heteroatoms. The predicted molar refractivity (Wildman–Crippen MR) is 97.4 cm³/mol. The van der Waals surface area contributed by atoms with Gasteiger partial charge in [-0.25, -0.2) is 0 Å². The van der Waals surface area contributed by atoms with Crippen LogP contribution in [0.3, 0.4) is 0 Å². The second-order valence-electron chi connectivity index (χ2n) is 5.37. The summed E-state index contributed by atoms with van der Waals surface area (Å²) in [7, 11) is 3.47. The molecule has 0 atom stereocenters. The molecule has 2 aromatic carbocycles. The van der Waals surface area contributed by atoms with Gasteiger partial charge in [-0.1, -0.05) is 26.0 Å². The zero-order chi connectivity index (χ0) is 16.8. The van der Waals surface area contributed by atoms with Crippen LogP contribution in [0.1, 0.15) is 31.9 Å². The first-order valence-corrected chi connectivity index (χ1v) is 8.30. The van der Waals surface area contributed by atoms with Crippen LogP contribution in [0.4, 0.5) is 11.4 Å². The van der Waals surface area contributed by atoms with Crippen molar-refractivity contribution < 1.29 is 9.47 Å². The van der Waals surface area contributed by atoms with Crippen LogP contribution < -0.4 is 14.4 Å². The van der Waals surface area contributed by atoms with Gasteiger partial charge in [0.25, 0.3) is 0 Å². The lowest BCUT2D eigenvalue weighted by Crippen LogP contribution is -2.19. The molecule has 2 aromatic rings. The number of anilines is 2. The summed E-state index contributed by atoms with van der Waals surface area (Å²) in [6, 6.07) is 12.5. The molecule has 0 aliphatic rings. The van der Waals surface area contributed by atoms with E-state index in [1.165, 1.54) is 22.5 Å². The largest absolute Gasteiger partial charge is 0.496 e. The van der Waals surface area contributed by atoms with E-state index in [4.69, 9.17) is 9.47 Å². The smallest absolute Gasteiger partial charge is 0.124 e. The van der Waals surface area contributed by atoms with Crippen molar-refractivity contribution in [1.82, 2.24) is 0 Å². The number of ether oxygens (including phenoxy) is 2.